The molecule has 1 saturated carbocycles. The van der Waals surface area contributed by atoms with Crippen LogP contribution in [0.3, 0.4) is 0 Å². The molecule has 2 amide bonds. The van der Waals surface area contributed by atoms with Gasteiger partial charge in [-0.05, 0) is 19.3 Å². The van der Waals surface area contributed by atoms with Crippen LogP contribution in [-0.2, 0) is 0 Å². The summed E-state index contributed by atoms with van der Waals surface area (Å²) in [5, 5.41) is 5.41. The fourth-order valence-electron chi connectivity index (χ4n) is 1.48. The molecule has 0 aromatic heterocycles. The minimum absolute atomic E-state index is 0.108. The molecule has 0 bridgehead atoms. The van der Waals surface area contributed by atoms with Gasteiger partial charge in [0.25, 0.3) is 0 Å². The van der Waals surface area contributed by atoms with Gasteiger partial charge in [-0.15, -0.1) is 0 Å². The molecular formula is C9H16N2O. The summed E-state index contributed by atoms with van der Waals surface area (Å²) in [6, 6.07) is 0.0850. The van der Waals surface area contributed by atoms with E-state index in [4.69, 9.17) is 0 Å². The lowest BCUT2D eigenvalue weighted by Gasteiger charge is -2.25. The third-order valence-electron chi connectivity index (χ3n) is 2.27. The van der Waals surface area contributed by atoms with Crippen molar-refractivity contribution in [2.45, 2.75) is 31.7 Å². The van der Waals surface area contributed by atoms with Gasteiger partial charge in [0.2, 0.25) is 0 Å². The van der Waals surface area contributed by atoms with E-state index in [-0.39, 0.29) is 12.1 Å². The van der Waals surface area contributed by atoms with Crippen molar-refractivity contribution in [2.75, 3.05) is 7.05 Å². The Kier molecular flexibility index (Phi) is 3.14. The first-order chi connectivity index (χ1) is 5.74. The first-order valence-electron chi connectivity index (χ1n) is 4.40. The van der Waals surface area contributed by atoms with Gasteiger partial charge in [-0.3, -0.25) is 0 Å². The van der Waals surface area contributed by atoms with Crippen LogP contribution in [0.1, 0.15) is 25.7 Å². The zero-order chi connectivity index (χ0) is 8.97. The summed E-state index contributed by atoms with van der Waals surface area (Å²) in [6.45, 7) is 3.94. The number of carbonyl (C=O) groups is 1. The monoisotopic (exact) mass is 168 g/mol. The standard InChI is InChI=1S/C9H16N2O/c1-7-5-3-4-6-8(7)11-9(12)10-2/h8H,1,3-6H2,2H3,(H2,10,11,12)/t8-/m1/s1. The molecule has 1 rings (SSSR count). The number of carbonyl (C=O) groups excluding carboxylic acids is 1. The van der Waals surface area contributed by atoms with E-state index in [2.05, 4.69) is 17.2 Å². The molecule has 0 spiro atoms. The SMILES string of the molecule is C=C1CCCC[C@H]1NC(=O)NC. The van der Waals surface area contributed by atoms with Crippen molar-refractivity contribution < 1.29 is 4.79 Å². The predicted molar refractivity (Wildman–Crippen MR) is 49.0 cm³/mol. The average Bonchev–Trinajstić information content (AvgIpc) is 2.09. The van der Waals surface area contributed by atoms with Crippen LogP contribution in [0.15, 0.2) is 12.2 Å². The Labute approximate surface area is 73.2 Å². The van der Waals surface area contributed by atoms with Crippen molar-refractivity contribution in [3.63, 3.8) is 0 Å². The second kappa shape index (κ2) is 4.14. The van der Waals surface area contributed by atoms with Gasteiger partial charge < -0.3 is 10.6 Å². The van der Waals surface area contributed by atoms with E-state index in [9.17, 15) is 4.79 Å². The lowest BCUT2D eigenvalue weighted by molar-refractivity contribution is 0.238. The normalized spacial score (nSPS) is 23.4. The molecule has 0 saturated heterocycles. The summed E-state index contributed by atoms with van der Waals surface area (Å²) in [7, 11) is 1.63. The topological polar surface area (TPSA) is 41.1 Å². The minimum Gasteiger partial charge on any atom is -0.341 e. The summed E-state index contributed by atoms with van der Waals surface area (Å²) in [4.78, 5) is 11.0. The highest BCUT2D eigenvalue weighted by molar-refractivity contribution is 5.74. The van der Waals surface area contributed by atoms with E-state index in [0.717, 1.165) is 18.4 Å². The maximum atomic E-state index is 11.0. The van der Waals surface area contributed by atoms with E-state index in [1.807, 2.05) is 0 Å². The molecule has 1 atom stereocenters. The van der Waals surface area contributed by atoms with Crippen LogP contribution >= 0.6 is 0 Å². The van der Waals surface area contributed by atoms with Gasteiger partial charge in [0.15, 0.2) is 0 Å². The lowest BCUT2D eigenvalue weighted by Crippen LogP contribution is -2.42. The van der Waals surface area contributed by atoms with Crippen LogP contribution in [-0.4, -0.2) is 19.1 Å². The summed E-state index contributed by atoms with van der Waals surface area (Å²) in [5.74, 6) is 0. The molecule has 0 unspecified atom stereocenters. The highest BCUT2D eigenvalue weighted by atomic mass is 16.2. The van der Waals surface area contributed by atoms with Crippen LogP contribution in [0, 0.1) is 0 Å². The molecule has 1 aliphatic rings. The number of hydrogen-bond donors (Lipinski definition) is 2. The van der Waals surface area contributed by atoms with Crippen LogP contribution in [0.5, 0.6) is 0 Å². The van der Waals surface area contributed by atoms with Gasteiger partial charge in [0.05, 0.1) is 6.04 Å². The molecule has 3 nitrogen and oxygen atoms in total. The molecule has 0 aliphatic heterocycles. The molecule has 0 aromatic rings. The zero-order valence-corrected chi connectivity index (χ0v) is 7.52. The Morgan fingerprint density at radius 3 is 2.92 bits per heavy atom. The number of amides is 2. The maximum Gasteiger partial charge on any atom is 0.315 e. The van der Waals surface area contributed by atoms with E-state index < -0.39 is 0 Å². The van der Waals surface area contributed by atoms with Gasteiger partial charge in [0.1, 0.15) is 0 Å². The molecule has 3 heteroatoms. The smallest absolute Gasteiger partial charge is 0.315 e. The van der Waals surface area contributed by atoms with E-state index >= 15 is 0 Å². The molecule has 1 aliphatic carbocycles. The van der Waals surface area contributed by atoms with Gasteiger partial charge in [-0.2, -0.15) is 0 Å². The van der Waals surface area contributed by atoms with Gasteiger partial charge in [-0.1, -0.05) is 18.6 Å². The van der Waals surface area contributed by atoms with Crippen LogP contribution in [0.2, 0.25) is 0 Å². The molecule has 12 heavy (non-hydrogen) atoms. The average molecular weight is 168 g/mol. The fourth-order valence-corrected chi connectivity index (χ4v) is 1.48. The second-order valence-corrected chi connectivity index (χ2v) is 3.18. The fraction of sp³-hybridized carbons (Fsp3) is 0.667. The molecule has 0 aromatic carbocycles. The number of rotatable bonds is 1. The summed E-state index contributed by atoms with van der Waals surface area (Å²) in [5.41, 5.74) is 1.16. The van der Waals surface area contributed by atoms with Crippen molar-refractivity contribution >= 4 is 6.03 Å². The highest BCUT2D eigenvalue weighted by Gasteiger charge is 2.17. The Morgan fingerprint density at radius 2 is 2.33 bits per heavy atom. The van der Waals surface area contributed by atoms with Crippen molar-refractivity contribution in [2.24, 2.45) is 0 Å². The van der Waals surface area contributed by atoms with Crippen molar-refractivity contribution in [3.05, 3.63) is 12.2 Å². The Hall–Kier alpha value is -0.990. The summed E-state index contributed by atoms with van der Waals surface area (Å²) < 4.78 is 0. The number of nitrogens with one attached hydrogen (secondary N) is 2. The van der Waals surface area contributed by atoms with E-state index in [1.54, 1.807) is 7.05 Å². The van der Waals surface area contributed by atoms with Gasteiger partial charge >= 0.3 is 6.03 Å². The van der Waals surface area contributed by atoms with Gasteiger partial charge in [-0.25, -0.2) is 4.79 Å². The first kappa shape index (κ1) is 9.10. The van der Waals surface area contributed by atoms with Crippen molar-refractivity contribution in [3.8, 4) is 0 Å². The summed E-state index contributed by atoms with van der Waals surface area (Å²) >= 11 is 0. The largest absolute Gasteiger partial charge is 0.341 e. The molecular weight excluding hydrogens is 152 g/mol. The van der Waals surface area contributed by atoms with E-state index in [1.165, 1.54) is 12.8 Å². The minimum atomic E-state index is -0.108. The van der Waals surface area contributed by atoms with Crippen LogP contribution in [0.4, 0.5) is 4.79 Å². The maximum absolute atomic E-state index is 11.0. The zero-order valence-electron chi connectivity index (χ0n) is 7.52. The van der Waals surface area contributed by atoms with Crippen LogP contribution in [0.25, 0.3) is 0 Å². The summed E-state index contributed by atoms with van der Waals surface area (Å²) in [6.07, 6.45) is 4.49. The van der Waals surface area contributed by atoms with Crippen molar-refractivity contribution in [1.29, 1.82) is 0 Å². The lowest BCUT2D eigenvalue weighted by atomic mass is 9.91. The van der Waals surface area contributed by atoms with Crippen molar-refractivity contribution in [1.82, 2.24) is 10.6 Å². The molecule has 0 heterocycles. The quantitative estimate of drug-likeness (QED) is 0.571. The third-order valence-corrected chi connectivity index (χ3v) is 2.27. The number of hydrogen-bond acceptors (Lipinski definition) is 1. The Bertz CT molecular complexity index is 189. The molecule has 1 fully saturated rings. The Balaban J connectivity index is 2.39. The molecule has 0 radical (unpaired) electrons. The molecule has 68 valence electrons. The number of urea groups is 1. The predicted octanol–water partition coefficient (Wildman–Crippen LogP) is 1.41. The third kappa shape index (κ3) is 2.26. The van der Waals surface area contributed by atoms with E-state index in [0.29, 0.717) is 0 Å². The van der Waals surface area contributed by atoms with Gasteiger partial charge in [0, 0.05) is 7.05 Å². The first-order valence-corrected chi connectivity index (χ1v) is 4.40. The Morgan fingerprint density at radius 1 is 1.58 bits per heavy atom. The second-order valence-electron chi connectivity index (χ2n) is 3.18. The van der Waals surface area contributed by atoms with Crippen LogP contribution < -0.4 is 10.6 Å². The highest BCUT2D eigenvalue weighted by Crippen LogP contribution is 2.21. The molecule has 2 N–H and O–H groups in total.